The van der Waals surface area contributed by atoms with E-state index in [0.29, 0.717) is 10.9 Å². The summed E-state index contributed by atoms with van der Waals surface area (Å²) in [4.78, 5) is 4.35. The zero-order valence-corrected chi connectivity index (χ0v) is 11.2. The molecule has 2 N–H and O–H groups in total. The Kier molecular flexibility index (Phi) is 3.31. The molecule has 1 aliphatic carbocycles. The van der Waals surface area contributed by atoms with Crippen molar-refractivity contribution in [2.75, 3.05) is 6.61 Å². The van der Waals surface area contributed by atoms with E-state index in [1.54, 1.807) is 6.20 Å². The quantitative estimate of drug-likeness (QED) is 0.895. The molecule has 1 saturated heterocycles. The fourth-order valence-electron chi connectivity index (χ4n) is 3.12. The van der Waals surface area contributed by atoms with Crippen molar-refractivity contribution in [2.45, 2.75) is 43.7 Å². The Balaban J connectivity index is 1.71. The van der Waals surface area contributed by atoms with E-state index in [2.05, 4.69) is 4.98 Å². The summed E-state index contributed by atoms with van der Waals surface area (Å²) in [5.41, 5.74) is 7.45. The Morgan fingerprint density at radius 2 is 2.28 bits per heavy atom. The molecule has 1 saturated carbocycles. The molecule has 0 amide bonds. The van der Waals surface area contributed by atoms with Crippen LogP contribution in [0.1, 0.15) is 43.8 Å². The van der Waals surface area contributed by atoms with Gasteiger partial charge in [-0.3, -0.25) is 4.98 Å². The van der Waals surface area contributed by atoms with E-state index in [1.165, 1.54) is 19.3 Å². The number of hydrogen-bond donors (Lipinski definition) is 1. The van der Waals surface area contributed by atoms with E-state index in [-0.39, 0.29) is 11.6 Å². The molecular weight excluding hydrogens is 248 g/mol. The van der Waals surface area contributed by atoms with Gasteiger partial charge in [0.25, 0.3) is 0 Å². The first-order chi connectivity index (χ1) is 8.69. The van der Waals surface area contributed by atoms with Gasteiger partial charge in [-0.05, 0) is 50.2 Å². The van der Waals surface area contributed by atoms with Crippen LogP contribution in [0.5, 0.6) is 0 Å². The number of nitrogens with zero attached hydrogens (tertiary/aromatic N) is 1. The Morgan fingerprint density at radius 3 is 2.89 bits per heavy atom. The number of ether oxygens (including phenoxy) is 1. The van der Waals surface area contributed by atoms with Crippen molar-refractivity contribution in [3.8, 4) is 0 Å². The van der Waals surface area contributed by atoms with E-state index in [0.717, 1.165) is 25.1 Å². The van der Waals surface area contributed by atoms with Crippen LogP contribution >= 0.6 is 11.6 Å². The standard InChI is InChI=1S/C14H19ClN2O/c15-11-2-3-12(17-9-11)13(16)10-4-7-18-14(8-10)5-1-6-14/h2-3,9-10,13H,1,4-8,16H2. The lowest BCUT2D eigenvalue weighted by Crippen LogP contribution is -2.47. The Hall–Kier alpha value is -0.640. The maximum absolute atomic E-state index is 6.36. The molecule has 2 aliphatic rings. The summed E-state index contributed by atoms with van der Waals surface area (Å²) in [7, 11) is 0. The van der Waals surface area contributed by atoms with E-state index in [4.69, 9.17) is 22.1 Å². The van der Waals surface area contributed by atoms with Crippen LogP contribution in [-0.2, 0) is 4.74 Å². The molecular formula is C14H19ClN2O. The van der Waals surface area contributed by atoms with E-state index in [1.807, 2.05) is 12.1 Å². The highest BCUT2D eigenvalue weighted by Crippen LogP contribution is 2.46. The molecule has 0 radical (unpaired) electrons. The monoisotopic (exact) mass is 266 g/mol. The summed E-state index contributed by atoms with van der Waals surface area (Å²) in [6.07, 6.45) is 7.48. The van der Waals surface area contributed by atoms with Gasteiger partial charge in [0.1, 0.15) is 0 Å². The molecule has 0 aromatic carbocycles. The first kappa shape index (κ1) is 12.4. The van der Waals surface area contributed by atoms with Crippen LogP contribution in [0.15, 0.2) is 18.3 Å². The van der Waals surface area contributed by atoms with Crippen molar-refractivity contribution in [3.63, 3.8) is 0 Å². The van der Waals surface area contributed by atoms with Gasteiger partial charge in [0.05, 0.1) is 22.4 Å². The highest BCUT2D eigenvalue weighted by atomic mass is 35.5. The van der Waals surface area contributed by atoms with E-state index < -0.39 is 0 Å². The lowest BCUT2D eigenvalue weighted by atomic mass is 9.70. The molecule has 1 aromatic rings. The molecule has 1 aliphatic heterocycles. The number of pyridine rings is 1. The van der Waals surface area contributed by atoms with Crippen LogP contribution in [0.2, 0.25) is 5.02 Å². The van der Waals surface area contributed by atoms with Crippen molar-refractivity contribution < 1.29 is 4.74 Å². The van der Waals surface area contributed by atoms with Gasteiger partial charge in [-0.15, -0.1) is 0 Å². The third-order valence-corrected chi connectivity index (χ3v) is 4.62. The maximum atomic E-state index is 6.36. The van der Waals surface area contributed by atoms with Crippen LogP contribution in [0.4, 0.5) is 0 Å². The number of halogens is 1. The topological polar surface area (TPSA) is 48.1 Å². The Bertz CT molecular complexity index is 416. The normalized spacial score (nSPS) is 27.8. The van der Waals surface area contributed by atoms with Crippen molar-refractivity contribution in [2.24, 2.45) is 11.7 Å². The molecule has 2 heterocycles. The third kappa shape index (κ3) is 2.27. The summed E-state index contributed by atoms with van der Waals surface area (Å²) in [6, 6.07) is 3.81. The van der Waals surface area contributed by atoms with Crippen molar-refractivity contribution in [1.29, 1.82) is 0 Å². The van der Waals surface area contributed by atoms with Gasteiger partial charge in [0.15, 0.2) is 0 Å². The average Bonchev–Trinajstić information content (AvgIpc) is 2.37. The zero-order valence-electron chi connectivity index (χ0n) is 10.4. The molecule has 18 heavy (non-hydrogen) atoms. The molecule has 3 rings (SSSR count). The van der Waals surface area contributed by atoms with Gasteiger partial charge in [-0.25, -0.2) is 0 Å². The lowest BCUT2D eigenvalue weighted by Gasteiger charge is -2.48. The molecule has 1 spiro atoms. The molecule has 2 fully saturated rings. The first-order valence-electron chi connectivity index (χ1n) is 6.70. The Labute approximate surface area is 113 Å². The van der Waals surface area contributed by atoms with Gasteiger partial charge in [-0.1, -0.05) is 11.6 Å². The van der Waals surface area contributed by atoms with Crippen LogP contribution in [0.25, 0.3) is 0 Å². The third-order valence-electron chi connectivity index (χ3n) is 4.40. The fraction of sp³-hybridized carbons (Fsp3) is 0.643. The van der Waals surface area contributed by atoms with Gasteiger partial charge >= 0.3 is 0 Å². The van der Waals surface area contributed by atoms with Crippen molar-refractivity contribution >= 4 is 11.6 Å². The fourth-order valence-corrected chi connectivity index (χ4v) is 3.23. The van der Waals surface area contributed by atoms with E-state index in [9.17, 15) is 0 Å². The SMILES string of the molecule is NC(c1ccc(Cl)cn1)C1CCOC2(CCC2)C1. The predicted molar refractivity (Wildman–Crippen MR) is 71.4 cm³/mol. The minimum Gasteiger partial charge on any atom is -0.375 e. The predicted octanol–water partition coefficient (Wildman–Crippen LogP) is 3.08. The average molecular weight is 267 g/mol. The summed E-state index contributed by atoms with van der Waals surface area (Å²) < 4.78 is 5.94. The van der Waals surface area contributed by atoms with Gasteiger partial charge in [0.2, 0.25) is 0 Å². The summed E-state index contributed by atoms with van der Waals surface area (Å²) in [6.45, 7) is 0.839. The van der Waals surface area contributed by atoms with Crippen molar-refractivity contribution in [1.82, 2.24) is 4.98 Å². The number of nitrogens with two attached hydrogens (primary N) is 1. The smallest absolute Gasteiger partial charge is 0.0686 e. The summed E-state index contributed by atoms with van der Waals surface area (Å²) in [5, 5.41) is 0.661. The van der Waals surface area contributed by atoms with Gasteiger partial charge in [0, 0.05) is 12.8 Å². The minimum atomic E-state index is 0.00337. The Morgan fingerprint density at radius 1 is 1.44 bits per heavy atom. The van der Waals surface area contributed by atoms with Crippen LogP contribution < -0.4 is 5.73 Å². The van der Waals surface area contributed by atoms with Gasteiger partial charge in [-0.2, -0.15) is 0 Å². The highest BCUT2D eigenvalue weighted by molar-refractivity contribution is 6.30. The molecule has 1 aromatic heterocycles. The molecule has 3 nitrogen and oxygen atoms in total. The summed E-state index contributed by atoms with van der Waals surface area (Å²) in [5.74, 6) is 0.479. The van der Waals surface area contributed by atoms with Crippen molar-refractivity contribution in [3.05, 3.63) is 29.0 Å². The van der Waals surface area contributed by atoms with Crippen LogP contribution in [0, 0.1) is 5.92 Å². The maximum Gasteiger partial charge on any atom is 0.0686 e. The molecule has 2 atom stereocenters. The second kappa shape index (κ2) is 4.80. The van der Waals surface area contributed by atoms with Crippen LogP contribution in [0.3, 0.4) is 0 Å². The molecule has 2 unspecified atom stereocenters. The lowest BCUT2D eigenvalue weighted by molar-refractivity contribution is -0.146. The minimum absolute atomic E-state index is 0.00337. The number of hydrogen-bond acceptors (Lipinski definition) is 3. The first-order valence-corrected chi connectivity index (χ1v) is 7.07. The highest BCUT2D eigenvalue weighted by Gasteiger charge is 2.44. The van der Waals surface area contributed by atoms with Gasteiger partial charge < -0.3 is 10.5 Å². The number of rotatable bonds is 2. The molecule has 0 bridgehead atoms. The van der Waals surface area contributed by atoms with E-state index >= 15 is 0 Å². The molecule has 98 valence electrons. The number of aromatic nitrogens is 1. The second-order valence-electron chi connectivity index (χ2n) is 5.56. The summed E-state index contributed by atoms with van der Waals surface area (Å²) >= 11 is 5.86. The largest absolute Gasteiger partial charge is 0.375 e. The zero-order chi connectivity index (χ0) is 12.6. The van der Waals surface area contributed by atoms with Crippen LogP contribution in [-0.4, -0.2) is 17.2 Å². The molecule has 4 heteroatoms. The second-order valence-corrected chi connectivity index (χ2v) is 6.00.